The highest BCUT2D eigenvalue weighted by Crippen LogP contribution is 2.26. The normalized spacial score (nSPS) is 17.4. The van der Waals surface area contributed by atoms with Gasteiger partial charge in [-0.3, -0.25) is 4.79 Å². The molecule has 1 saturated heterocycles. The fourth-order valence-corrected chi connectivity index (χ4v) is 3.95. The van der Waals surface area contributed by atoms with Crippen molar-refractivity contribution < 1.29 is 14.7 Å². The molecule has 120 valence electrons. The number of aryl methyl sites for hydroxylation is 1. The molecule has 1 aliphatic heterocycles. The summed E-state index contributed by atoms with van der Waals surface area (Å²) in [4.78, 5) is 30.5. The molecule has 0 saturated carbocycles. The number of hydrogen-bond donors (Lipinski definition) is 1. The van der Waals surface area contributed by atoms with Crippen molar-refractivity contribution in [3.05, 3.63) is 51.5 Å². The van der Waals surface area contributed by atoms with Crippen LogP contribution in [0.15, 0.2) is 30.3 Å². The van der Waals surface area contributed by atoms with E-state index >= 15 is 0 Å². The molecule has 0 bridgehead atoms. The summed E-state index contributed by atoms with van der Waals surface area (Å²) in [5.74, 6) is -1.13. The van der Waals surface area contributed by atoms with E-state index in [2.05, 4.69) is 4.98 Å². The molecular weight excluding hydrogens is 312 g/mol. The third-order valence-corrected chi connectivity index (χ3v) is 5.18. The lowest BCUT2D eigenvalue weighted by atomic mass is 10.2. The Morgan fingerprint density at radius 1 is 1.35 bits per heavy atom. The zero-order chi connectivity index (χ0) is 16.4. The van der Waals surface area contributed by atoms with Gasteiger partial charge in [-0.25, -0.2) is 9.78 Å². The number of carboxylic acid groups (broad SMARTS) is 1. The zero-order valence-electron chi connectivity index (χ0n) is 12.9. The molecule has 1 aliphatic rings. The Balaban J connectivity index is 1.80. The van der Waals surface area contributed by atoms with Crippen molar-refractivity contribution in [3.8, 4) is 0 Å². The van der Waals surface area contributed by atoms with Gasteiger partial charge >= 0.3 is 5.97 Å². The molecule has 3 rings (SSSR count). The summed E-state index contributed by atoms with van der Waals surface area (Å²) in [6, 6.07) is 9.26. The predicted molar refractivity (Wildman–Crippen MR) is 87.8 cm³/mol. The van der Waals surface area contributed by atoms with Gasteiger partial charge in [-0.05, 0) is 25.3 Å². The Morgan fingerprint density at radius 3 is 2.78 bits per heavy atom. The lowest BCUT2D eigenvalue weighted by molar-refractivity contribution is -0.141. The molecule has 23 heavy (non-hydrogen) atoms. The quantitative estimate of drug-likeness (QED) is 0.936. The SMILES string of the molecule is Cc1nc(Cc2ccccc2)sc1C(=O)N1CCC[C@H]1C(=O)O. The first-order valence-corrected chi connectivity index (χ1v) is 8.42. The van der Waals surface area contributed by atoms with Crippen molar-refractivity contribution in [2.75, 3.05) is 6.54 Å². The second kappa shape index (κ2) is 6.50. The summed E-state index contributed by atoms with van der Waals surface area (Å²) < 4.78 is 0. The highest BCUT2D eigenvalue weighted by Gasteiger charge is 2.35. The average molecular weight is 330 g/mol. The Hall–Kier alpha value is -2.21. The van der Waals surface area contributed by atoms with Crippen LogP contribution in [0.3, 0.4) is 0 Å². The zero-order valence-corrected chi connectivity index (χ0v) is 13.7. The monoisotopic (exact) mass is 330 g/mol. The molecule has 1 aromatic heterocycles. The third kappa shape index (κ3) is 3.27. The van der Waals surface area contributed by atoms with Crippen LogP contribution >= 0.6 is 11.3 Å². The molecule has 6 heteroatoms. The van der Waals surface area contributed by atoms with Gasteiger partial charge in [0.05, 0.1) is 10.7 Å². The summed E-state index contributed by atoms with van der Waals surface area (Å²) in [7, 11) is 0. The number of carbonyl (C=O) groups excluding carboxylic acids is 1. The number of hydrogen-bond acceptors (Lipinski definition) is 4. The van der Waals surface area contributed by atoms with Crippen LogP contribution in [0.2, 0.25) is 0 Å². The van der Waals surface area contributed by atoms with E-state index in [9.17, 15) is 14.7 Å². The highest BCUT2D eigenvalue weighted by molar-refractivity contribution is 7.13. The molecular formula is C17H18N2O3S. The Labute approximate surface area is 138 Å². The molecule has 1 N–H and O–H groups in total. The van der Waals surface area contributed by atoms with Gasteiger partial charge in [0, 0.05) is 13.0 Å². The smallest absolute Gasteiger partial charge is 0.326 e. The van der Waals surface area contributed by atoms with Crippen molar-refractivity contribution in [1.29, 1.82) is 0 Å². The molecule has 5 nitrogen and oxygen atoms in total. The first-order chi connectivity index (χ1) is 11.1. The number of rotatable bonds is 4. The van der Waals surface area contributed by atoms with Gasteiger partial charge in [-0.2, -0.15) is 0 Å². The summed E-state index contributed by atoms with van der Waals surface area (Å²) in [6.45, 7) is 2.31. The number of thiazole rings is 1. The van der Waals surface area contributed by atoms with Gasteiger partial charge < -0.3 is 10.0 Å². The fraction of sp³-hybridized carbons (Fsp3) is 0.353. The van der Waals surface area contributed by atoms with E-state index in [1.165, 1.54) is 16.2 Å². The summed E-state index contributed by atoms with van der Waals surface area (Å²) in [5.41, 5.74) is 1.83. The van der Waals surface area contributed by atoms with E-state index in [0.29, 0.717) is 30.0 Å². The minimum atomic E-state index is -0.928. The van der Waals surface area contributed by atoms with Crippen LogP contribution in [0, 0.1) is 6.92 Å². The van der Waals surface area contributed by atoms with Crippen LogP contribution in [0.1, 0.15) is 38.8 Å². The van der Waals surface area contributed by atoms with Crippen molar-refractivity contribution >= 4 is 23.2 Å². The minimum Gasteiger partial charge on any atom is -0.480 e. The molecule has 1 atom stereocenters. The van der Waals surface area contributed by atoms with E-state index in [1.54, 1.807) is 0 Å². The van der Waals surface area contributed by atoms with Crippen molar-refractivity contribution in [2.45, 2.75) is 32.2 Å². The Bertz CT molecular complexity index is 727. The van der Waals surface area contributed by atoms with Crippen molar-refractivity contribution in [1.82, 2.24) is 9.88 Å². The lowest BCUT2D eigenvalue weighted by Crippen LogP contribution is -2.40. The van der Waals surface area contributed by atoms with Crippen molar-refractivity contribution in [3.63, 3.8) is 0 Å². The van der Waals surface area contributed by atoms with Crippen molar-refractivity contribution in [2.24, 2.45) is 0 Å². The van der Waals surface area contributed by atoms with E-state index in [-0.39, 0.29) is 5.91 Å². The van der Waals surface area contributed by atoms with Crippen LogP contribution in [0.4, 0.5) is 0 Å². The van der Waals surface area contributed by atoms with Gasteiger partial charge in [-0.1, -0.05) is 30.3 Å². The van der Waals surface area contributed by atoms with Gasteiger partial charge in [0.1, 0.15) is 10.9 Å². The average Bonchev–Trinajstić information content (AvgIpc) is 3.14. The highest BCUT2D eigenvalue weighted by atomic mass is 32.1. The summed E-state index contributed by atoms with van der Waals surface area (Å²) in [5, 5.41) is 10.1. The van der Waals surface area contributed by atoms with Gasteiger partial charge in [0.2, 0.25) is 0 Å². The molecule has 0 aliphatic carbocycles. The molecule has 2 heterocycles. The van der Waals surface area contributed by atoms with Crippen LogP contribution in [-0.2, 0) is 11.2 Å². The Kier molecular flexibility index (Phi) is 4.43. The number of nitrogens with zero attached hydrogens (tertiary/aromatic N) is 2. The number of benzene rings is 1. The van der Waals surface area contributed by atoms with E-state index in [4.69, 9.17) is 0 Å². The van der Waals surface area contributed by atoms with Gasteiger partial charge in [0.15, 0.2) is 0 Å². The van der Waals surface area contributed by atoms with Gasteiger partial charge in [0.25, 0.3) is 5.91 Å². The van der Waals surface area contributed by atoms with Crippen LogP contribution in [0.25, 0.3) is 0 Å². The first kappa shape index (κ1) is 15.7. The van der Waals surface area contributed by atoms with E-state index in [1.807, 2.05) is 37.3 Å². The molecule has 1 aromatic carbocycles. The van der Waals surface area contributed by atoms with Crippen LogP contribution in [-0.4, -0.2) is 39.5 Å². The number of carboxylic acids is 1. The molecule has 0 radical (unpaired) electrons. The third-order valence-electron chi connectivity index (χ3n) is 4.03. The molecule has 1 fully saturated rings. The number of aromatic nitrogens is 1. The van der Waals surface area contributed by atoms with Crippen LogP contribution < -0.4 is 0 Å². The maximum absolute atomic E-state index is 12.7. The first-order valence-electron chi connectivity index (χ1n) is 7.60. The summed E-state index contributed by atoms with van der Waals surface area (Å²) in [6.07, 6.45) is 1.94. The number of aliphatic carboxylic acids is 1. The maximum Gasteiger partial charge on any atom is 0.326 e. The second-order valence-electron chi connectivity index (χ2n) is 5.68. The van der Waals surface area contributed by atoms with Crippen LogP contribution in [0.5, 0.6) is 0 Å². The molecule has 0 spiro atoms. The Morgan fingerprint density at radius 2 is 2.09 bits per heavy atom. The fourth-order valence-electron chi connectivity index (χ4n) is 2.89. The maximum atomic E-state index is 12.7. The van der Waals surface area contributed by atoms with E-state index in [0.717, 1.165) is 17.0 Å². The summed E-state index contributed by atoms with van der Waals surface area (Å²) >= 11 is 1.37. The number of carbonyl (C=O) groups is 2. The topological polar surface area (TPSA) is 70.5 Å². The number of likely N-dealkylation sites (tertiary alicyclic amines) is 1. The molecule has 2 aromatic rings. The second-order valence-corrected chi connectivity index (χ2v) is 6.76. The molecule has 1 amide bonds. The minimum absolute atomic E-state index is 0.204. The number of amides is 1. The van der Waals surface area contributed by atoms with E-state index < -0.39 is 12.0 Å². The molecule has 0 unspecified atom stereocenters. The standard InChI is InChI=1S/C17H18N2O3S/c1-11-15(16(20)19-9-5-8-13(19)17(21)22)23-14(18-11)10-12-6-3-2-4-7-12/h2-4,6-7,13H,5,8-10H2,1H3,(H,21,22)/t13-/m0/s1. The largest absolute Gasteiger partial charge is 0.480 e. The predicted octanol–water partition coefficient (Wildman–Crippen LogP) is 2.73. The lowest BCUT2D eigenvalue weighted by Gasteiger charge is -2.20. The van der Waals surface area contributed by atoms with Gasteiger partial charge in [-0.15, -0.1) is 11.3 Å².